The predicted octanol–water partition coefficient (Wildman–Crippen LogP) is 27.1. The van der Waals surface area contributed by atoms with Crippen molar-refractivity contribution in [3.63, 3.8) is 0 Å². The van der Waals surface area contributed by atoms with Crippen LogP contribution in [0.1, 0.15) is 0 Å². The number of fused-ring (bicyclic) bond motifs is 18. The van der Waals surface area contributed by atoms with Crippen LogP contribution in [0, 0.1) is 0 Å². The van der Waals surface area contributed by atoms with E-state index in [9.17, 15) is 0 Å². The van der Waals surface area contributed by atoms with Gasteiger partial charge in [0.25, 0.3) is 0 Å². The zero-order chi connectivity index (χ0) is 66.7. The fourth-order valence-electron chi connectivity index (χ4n) is 16.9. The van der Waals surface area contributed by atoms with Crippen LogP contribution in [0.5, 0.6) is 0 Å². The Hall–Kier alpha value is -12.8. The van der Waals surface area contributed by atoms with Crippen molar-refractivity contribution >= 4 is 150 Å². The zero-order valence-corrected chi connectivity index (χ0v) is 56.7. The second-order valence-electron chi connectivity index (χ2n) is 27.1. The Kier molecular flexibility index (Phi) is 12.5. The quantitative estimate of drug-likeness (QED) is 0.137. The minimum atomic E-state index is 1.13. The first-order chi connectivity index (χ1) is 50.6. The number of rotatable bonds is 9. The highest BCUT2D eigenvalue weighted by molar-refractivity contribution is 7.27. The van der Waals surface area contributed by atoms with Gasteiger partial charge < -0.3 is 18.3 Å². The van der Waals surface area contributed by atoms with Gasteiger partial charge in [0, 0.05) is 85.4 Å². The highest BCUT2D eigenvalue weighted by Crippen LogP contribution is 2.48. The van der Waals surface area contributed by atoms with Gasteiger partial charge in [-0.2, -0.15) is 0 Å². The highest BCUT2D eigenvalue weighted by Gasteiger charge is 2.24. The molecule has 102 heavy (non-hydrogen) atoms. The molecule has 0 fully saturated rings. The summed E-state index contributed by atoms with van der Waals surface area (Å²) in [5.74, 6) is 0. The average molecular weight is 1330 g/mol. The van der Waals surface area contributed by atoms with E-state index in [1.807, 2.05) is 22.7 Å². The molecule has 0 unspecified atom stereocenters. The maximum atomic E-state index is 2.52. The van der Waals surface area contributed by atoms with Crippen LogP contribution in [0.15, 0.2) is 352 Å². The maximum absolute atomic E-state index is 2.52. The van der Waals surface area contributed by atoms with E-state index in [0.717, 1.165) is 11.4 Å². The summed E-state index contributed by atoms with van der Waals surface area (Å²) in [4.78, 5) is 0. The standard InChI is InChI=1S/C96H58N4S2/c1-3-19-59(20-4-1)60-39-43-63(44-40-60)66-23-15-24-69(53-66)98-84-34-12-8-26-72(84)79-58-91-81(56-90(79)98)74-28-9-13-35-85(74)99(91)87-37-18-32-77-82-54-67(49-52-93(82)101-95(77)87)64-45-41-61(42-46-64)62-47-50-68(51-48-62)97-83-33-11-7-25-71(83)78-57-92-80(55-89(78)97)73-27-10-14-36-86(73)100(92)88-38-17-31-76-75-30-16-29-70(94(75)102-96(76)88)65-21-5-2-6-22-65/h1-58H. The Morgan fingerprint density at radius 3 is 1.03 bits per heavy atom. The molecule has 22 aromatic rings. The molecule has 0 saturated heterocycles. The summed E-state index contributed by atoms with van der Waals surface area (Å²) in [5.41, 5.74) is 26.3. The molecule has 0 N–H and O–H groups in total. The Morgan fingerprint density at radius 2 is 0.510 bits per heavy atom. The average Bonchev–Trinajstić information content (AvgIpc) is 1.56. The van der Waals surface area contributed by atoms with Crippen LogP contribution in [0.2, 0.25) is 0 Å². The minimum Gasteiger partial charge on any atom is -0.309 e. The number of aromatic nitrogens is 4. The van der Waals surface area contributed by atoms with Gasteiger partial charge in [0.15, 0.2) is 0 Å². The normalized spacial score (nSPS) is 12.1. The molecule has 0 aliphatic carbocycles. The second kappa shape index (κ2) is 22.3. The molecule has 474 valence electrons. The summed E-state index contributed by atoms with van der Waals surface area (Å²) in [6.45, 7) is 0. The third kappa shape index (κ3) is 8.61. The van der Waals surface area contributed by atoms with E-state index < -0.39 is 0 Å². The molecule has 22 rings (SSSR count). The lowest BCUT2D eigenvalue weighted by Crippen LogP contribution is -1.95. The van der Waals surface area contributed by atoms with Gasteiger partial charge in [-0.25, -0.2) is 0 Å². The Balaban J connectivity index is 0.595. The molecule has 4 nitrogen and oxygen atoms in total. The minimum absolute atomic E-state index is 1.13. The summed E-state index contributed by atoms with van der Waals surface area (Å²) in [6.07, 6.45) is 0. The van der Waals surface area contributed by atoms with E-state index >= 15 is 0 Å². The summed E-state index contributed by atoms with van der Waals surface area (Å²) < 4.78 is 15.1. The van der Waals surface area contributed by atoms with E-state index in [1.54, 1.807) is 0 Å². The number of nitrogens with zero attached hydrogens (tertiary/aromatic N) is 4. The first-order valence-corrected chi connectivity index (χ1v) is 36.6. The van der Waals surface area contributed by atoms with Crippen molar-refractivity contribution in [3.05, 3.63) is 352 Å². The Bertz CT molecular complexity index is 7200. The van der Waals surface area contributed by atoms with E-state index in [1.165, 1.54) is 195 Å². The lowest BCUT2D eigenvalue weighted by molar-refractivity contribution is 1.18. The van der Waals surface area contributed by atoms with E-state index in [2.05, 4.69) is 370 Å². The molecule has 0 aliphatic rings. The van der Waals surface area contributed by atoms with Crippen molar-refractivity contribution in [3.8, 4) is 78.4 Å². The second-order valence-corrected chi connectivity index (χ2v) is 29.1. The molecule has 0 amide bonds. The fraction of sp³-hybridized carbons (Fsp3) is 0. The largest absolute Gasteiger partial charge is 0.309 e. The predicted molar refractivity (Wildman–Crippen MR) is 437 cm³/mol. The lowest BCUT2D eigenvalue weighted by Gasteiger charge is -2.12. The molecule has 16 aromatic carbocycles. The third-order valence-corrected chi connectivity index (χ3v) is 24.1. The van der Waals surface area contributed by atoms with Crippen molar-refractivity contribution in [1.29, 1.82) is 0 Å². The molecule has 0 atom stereocenters. The van der Waals surface area contributed by atoms with Gasteiger partial charge in [0.2, 0.25) is 0 Å². The number of thiophene rings is 2. The van der Waals surface area contributed by atoms with E-state index in [4.69, 9.17) is 0 Å². The molecule has 0 spiro atoms. The number of para-hydroxylation sites is 4. The van der Waals surface area contributed by atoms with Crippen LogP contribution in [0.4, 0.5) is 0 Å². The number of benzene rings is 16. The van der Waals surface area contributed by atoms with Crippen molar-refractivity contribution in [2.75, 3.05) is 0 Å². The molecule has 0 aliphatic heterocycles. The monoisotopic (exact) mass is 1330 g/mol. The summed E-state index contributed by atoms with van der Waals surface area (Å²) >= 11 is 3.80. The number of hydrogen-bond acceptors (Lipinski definition) is 2. The fourth-order valence-corrected chi connectivity index (χ4v) is 19.4. The van der Waals surface area contributed by atoms with Crippen LogP contribution in [0.25, 0.3) is 206 Å². The van der Waals surface area contributed by atoms with Gasteiger partial charge in [-0.15, -0.1) is 22.7 Å². The zero-order valence-electron chi connectivity index (χ0n) is 55.1. The van der Waals surface area contributed by atoms with Crippen molar-refractivity contribution in [2.24, 2.45) is 0 Å². The van der Waals surface area contributed by atoms with Gasteiger partial charge in [0.05, 0.1) is 64.9 Å². The molecule has 6 aromatic heterocycles. The first kappa shape index (κ1) is 57.1. The van der Waals surface area contributed by atoms with Gasteiger partial charge >= 0.3 is 0 Å². The molecule has 6 heteroatoms. The maximum Gasteiger partial charge on any atom is 0.0640 e. The molecule has 0 radical (unpaired) electrons. The summed E-state index contributed by atoms with van der Waals surface area (Å²) in [6, 6.07) is 131. The van der Waals surface area contributed by atoms with Crippen molar-refractivity contribution in [2.45, 2.75) is 0 Å². The highest BCUT2D eigenvalue weighted by atomic mass is 32.1. The first-order valence-electron chi connectivity index (χ1n) is 34.9. The van der Waals surface area contributed by atoms with Gasteiger partial charge in [-0.3, -0.25) is 0 Å². The van der Waals surface area contributed by atoms with E-state index in [-0.39, 0.29) is 0 Å². The summed E-state index contributed by atoms with van der Waals surface area (Å²) in [5, 5.41) is 15.0. The van der Waals surface area contributed by atoms with Crippen molar-refractivity contribution < 1.29 is 0 Å². The Labute approximate surface area is 594 Å². The van der Waals surface area contributed by atoms with Crippen LogP contribution >= 0.6 is 22.7 Å². The van der Waals surface area contributed by atoms with Crippen LogP contribution in [-0.4, -0.2) is 18.3 Å². The molecule has 0 bridgehead atoms. The van der Waals surface area contributed by atoms with Gasteiger partial charge in [0.1, 0.15) is 0 Å². The van der Waals surface area contributed by atoms with Gasteiger partial charge in [-0.1, -0.05) is 255 Å². The SMILES string of the molecule is c1ccc(-c2ccc(-c3cccc(-n4c5ccccc5c5cc6c(cc54)c4ccccc4n6-c4cccc5c4sc4ccc(-c6ccc(-c7ccc(-n8c9ccccc9c9cc%10c(cc98)c8ccccc8n%10-c8cccc9c8sc8c(-c%10ccccc%10)cccc89)cc7)cc6)cc45)c3)cc2)cc1. The smallest absolute Gasteiger partial charge is 0.0640 e. The third-order valence-electron chi connectivity index (χ3n) is 21.6. The molecular weight excluding hydrogens is 1270 g/mol. The molecule has 6 heterocycles. The molecule has 0 saturated carbocycles. The van der Waals surface area contributed by atoms with E-state index in [0.29, 0.717) is 0 Å². The topological polar surface area (TPSA) is 19.7 Å². The van der Waals surface area contributed by atoms with Crippen LogP contribution < -0.4 is 0 Å². The van der Waals surface area contributed by atoms with Crippen LogP contribution in [0.3, 0.4) is 0 Å². The van der Waals surface area contributed by atoms with Crippen LogP contribution in [-0.2, 0) is 0 Å². The summed E-state index contributed by atoms with van der Waals surface area (Å²) in [7, 11) is 0. The lowest BCUT2D eigenvalue weighted by atomic mass is 9.99. The number of hydrogen-bond donors (Lipinski definition) is 0. The van der Waals surface area contributed by atoms with Gasteiger partial charge in [-0.05, 0) is 153 Å². The Morgan fingerprint density at radius 1 is 0.167 bits per heavy atom. The van der Waals surface area contributed by atoms with Crippen molar-refractivity contribution in [1.82, 2.24) is 18.3 Å². The molecular formula is C96H58N4S2.